The maximum Gasteiger partial charge on any atom is 0.376 e. The van der Waals surface area contributed by atoms with Crippen molar-refractivity contribution in [3.05, 3.63) is 12.3 Å². The molecule has 0 saturated heterocycles. The molecule has 0 unspecified atom stereocenters. The van der Waals surface area contributed by atoms with Crippen molar-refractivity contribution in [2.75, 3.05) is 0 Å². The molecule has 0 atom stereocenters. The molecule has 0 spiro atoms. The van der Waals surface area contributed by atoms with Crippen LogP contribution in [-0.4, -0.2) is 16.9 Å². The second kappa shape index (κ2) is 2.79. The molecule has 4 nitrogen and oxygen atoms in total. The Morgan fingerprint density at radius 1 is 1.50 bits per heavy atom. The second-order valence-electron chi connectivity index (χ2n) is 1.03. The first-order valence-corrected chi connectivity index (χ1v) is 1.84. The van der Waals surface area contributed by atoms with Crippen molar-refractivity contribution in [1.29, 1.82) is 0 Å². The Morgan fingerprint density at radius 2 is 2.00 bits per heavy atom. The summed E-state index contributed by atoms with van der Waals surface area (Å²) < 4.78 is 0. The van der Waals surface area contributed by atoms with E-state index in [0.717, 1.165) is 12.3 Å². The fraction of sp³-hybridized carbons (Fsp3) is 0. The van der Waals surface area contributed by atoms with Gasteiger partial charge in [-0.2, -0.15) is 0 Å². The highest BCUT2D eigenvalue weighted by atomic mass is 16.4. The van der Waals surface area contributed by atoms with Crippen LogP contribution >= 0.6 is 0 Å². The van der Waals surface area contributed by atoms with Gasteiger partial charge >= 0.3 is 5.97 Å². The molecular formula is C4H5NO3. The van der Waals surface area contributed by atoms with Crippen LogP contribution in [0.25, 0.3) is 0 Å². The van der Waals surface area contributed by atoms with Crippen LogP contribution in [0.3, 0.4) is 0 Å². The lowest BCUT2D eigenvalue weighted by molar-refractivity contribution is -0.146. The third kappa shape index (κ3) is 1.96. The Kier molecular flexibility index (Phi) is 2.33. The van der Waals surface area contributed by atoms with Gasteiger partial charge in [-0.15, -0.1) is 0 Å². The molecule has 4 heteroatoms. The maximum absolute atomic E-state index is 9.98. The summed E-state index contributed by atoms with van der Waals surface area (Å²) in [7, 11) is 0. The van der Waals surface area contributed by atoms with Crippen LogP contribution in [0.2, 0.25) is 0 Å². The van der Waals surface area contributed by atoms with E-state index in [-0.39, 0.29) is 0 Å². The van der Waals surface area contributed by atoms with E-state index in [1.807, 2.05) is 0 Å². The molecular weight excluding hydrogens is 110 g/mol. The highest BCUT2D eigenvalue weighted by Crippen LogP contribution is 1.71. The van der Waals surface area contributed by atoms with Crippen molar-refractivity contribution in [2.45, 2.75) is 0 Å². The first kappa shape index (κ1) is 6.68. The van der Waals surface area contributed by atoms with E-state index < -0.39 is 11.8 Å². The van der Waals surface area contributed by atoms with Crippen molar-refractivity contribution in [1.82, 2.24) is 0 Å². The molecule has 44 valence electrons. The van der Waals surface area contributed by atoms with Crippen LogP contribution in [0, 0.1) is 0 Å². The molecule has 8 heavy (non-hydrogen) atoms. The molecule has 0 aliphatic carbocycles. The van der Waals surface area contributed by atoms with Gasteiger partial charge < -0.3 is 10.8 Å². The van der Waals surface area contributed by atoms with Gasteiger partial charge in [0.05, 0.1) is 0 Å². The Hall–Kier alpha value is -1.32. The van der Waals surface area contributed by atoms with Gasteiger partial charge in [0, 0.05) is 6.08 Å². The summed E-state index contributed by atoms with van der Waals surface area (Å²) >= 11 is 0. The normalized spacial score (nSPS) is 9.50. The standard InChI is InChI=1S/C4H5NO3/c5-2-1-3(6)4(7)8/h1-2H,5H2,(H,7,8)/b2-1+. The summed E-state index contributed by atoms with van der Waals surface area (Å²) in [6.07, 6.45) is 1.67. The smallest absolute Gasteiger partial charge is 0.376 e. The van der Waals surface area contributed by atoms with Crippen LogP contribution in [0.1, 0.15) is 0 Å². The third-order valence-corrected chi connectivity index (χ3v) is 0.458. The first-order valence-electron chi connectivity index (χ1n) is 1.84. The minimum Gasteiger partial charge on any atom is -0.475 e. The van der Waals surface area contributed by atoms with Gasteiger partial charge in [0.1, 0.15) is 0 Å². The van der Waals surface area contributed by atoms with E-state index in [2.05, 4.69) is 0 Å². The average Bonchev–Trinajstić information content (AvgIpc) is 1.67. The van der Waals surface area contributed by atoms with Gasteiger partial charge in [-0.25, -0.2) is 4.79 Å². The molecule has 0 aromatic rings. The zero-order valence-electron chi connectivity index (χ0n) is 4.00. The summed E-state index contributed by atoms with van der Waals surface area (Å²) in [6, 6.07) is 0. The number of carboxylic acids is 1. The van der Waals surface area contributed by atoms with Gasteiger partial charge in [0.2, 0.25) is 0 Å². The number of hydrogen-bond donors (Lipinski definition) is 2. The monoisotopic (exact) mass is 115 g/mol. The lowest BCUT2D eigenvalue weighted by atomic mass is 10.4. The van der Waals surface area contributed by atoms with Crippen molar-refractivity contribution >= 4 is 11.8 Å². The molecule has 0 aliphatic rings. The Balaban J connectivity index is 3.85. The van der Waals surface area contributed by atoms with Gasteiger partial charge in [-0.3, -0.25) is 4.79 Å². The number of nitrogens with two attached hydrogens (primary N) is 1. The summed E-state index contributed by atoms with van der Waals surface area (Å²) in [5, 5.41) is 7.86. The second-order valence-corrected chi connectivity index (χ2v) is 1.03. The van der Waals surface area contributed by atoms with E-state index in [4.69, 9.17) is 10.8 Å². The zero-order valence-corrected chi connectivity index (χ0v) is 4.00. The number of carbonyl (C=O) groups excluding carboxylic acids is 1. The topological polar surface area (TPSA) is 80.4 Å². The molecule has 0 aromatic heterocycles. The number of aliphatic carboxylic acids is 1. The number of carbonyl (C=O) groups is 2. The molecule has 0 rings (SSSR count). The van der Waals surface area contributed by atoms with E-state index in [1.165, 1.54) is 0 Å². The van der Waals surface area contributed by atoms with Crippen LogP contribution in [0.4, 0.5) is 0 Å². The number of ketones is 1. The fourth-order valence-electron chi connectivity index (χ4n) is 0.159. The lowest BCUT2D eigenvalue weighted by Crippen LogP contribution is -2.08. The average molecular weight is 115 g/mol. The molecule has 0 saturated carbocycles. The zero-order chi connectivity index (χ0) is 6.57. The molecule has 0 aliphatic heterocycles. The van der Waals surface area contributed by atoms with Crippen molar-refractivity contribution in [3.8, 4) is 0 Å². The number of hydrogen-bond acceptors (Lipinski definition) is 3. The molecule has 3 N–H and O–H groups in total. The van der Waals surface area contributed by atoms with Gasteiger partial charge in [0.25, 0.3) is 5.78 Å². The molecule has 0 amide bonds. The Labute approximate surface area is 45.6 Å². The summed E-state index contributed by atoms with van der Waals surface area (Å²) in [5.41, 5.74) is 4.70. The fourth-order valence-corrected chi connectivity index (χ4v) is 0.159. The summed E-state index contributed by atoms with van der Waals surface area (Å²) in [6.45, 7) is 0. The first-order chi connectivity index (χ1) is 3.68. The van der Waals surface area contributed by atoms with Crippen molar-refractivity contribution in [2.24, 2.45) is 5.73 Å². The van der Waals surface area contributed by atoms with Crippen LogP contribution in [-0.2, 0) is 9.59 Å². The van der Waals surface area contributed by atoms with Crippen LogP contribution in [0.5, 0.6) is 0 Å². The molecule has 0 heterocycles. The largest absolute Gasteiger partial charge is 0.475 e. The minimum atomic E-state index is -1.49. The van der Waals surface area contributed by atoms with Gasteiger partial charge in [0.15, 0.2) is 0 Å². The van der Waals surface area contributed by atoms with Crippen molar-refractivity contribution < 1.29 is 14.7 Å². The van der Waals surface area contributed by atoms with E-state index in [9.17, 15) is 9.59 Å². The van der Waals surface area contributed by atoms with Crippen LogP contribution < -0.4 is 5.73 Å². The summed E-state index contributed by atoms with van der Waals surface area (Å²) in [4.78, 5) is 19.6. The van der Waals surface area contributed by atoms with Crippen LogP contribution in [0.15, 0.2) is 12.3 Å². The SMILES string of the molecule is N/C=C/C(=O)C(=O)O. The van der Waals surface area contributed by atoms with E-state index in [1.54, 1.807) is 0 Å². The predicted molar refractivity (Wildman–Crippen MR) is 26.0 cm³/mol. The predicted octanol–water partition coefficient (Wildman–Crippen LogP) is -0.888. The molecule has 0 bridgehead atoms. The highest BCUT2D eigenvalue weighted by Gasteiger charge is 2.03. The number of carboxylic acid groups (broad SMARTS) is 1. The highest BCUT2D eigenvalue weighted by molar-refractivity contribution is 6.37. The molecule has 0 radical (unpaired) electrons. The lowest BCUT2D eigenvalue weighted by Gasteiger charge is -1.78. The maximum atomic E-state index is 9.98. The van der Waals surface area contributed by atoms with Gasteiger partial charge in [-0.1, -0.05) is 0 Å². The van der Waals surface area contributed by atoms with E-state index >= 15 is 0 Å². The Morgan fingerprint density at radius 3 is 2.12 bits per heavy atom. The number of rotatable bonds is 2. The Bertz CT molecular complexity index is 138. The van der Waals surface area contributed by atoms with Gasteiger partial charge in [-0.05, 0) is 6.20 Å². The minimum absolute atomic E-state index is 0.780. The summed E-state index contributed by atoms with van der Waals surface area (Å²) in [5.74, 6) is -2.50. The van der Waals surface area contributed by atoms with Crippen molar-refractivity contribution in [3.63, 3.8) is 0 Å². The van der Waals surface area contributed by atoms with E-state index in [0.29, 0.717) is 0 Å². The quantitative estimate of drug-likeness (QED) is 0.361. The molecule has 0 fully saturated rings. The molecule has 0 aromatic carbocycles. The third-order valence-electron chi connectivity index (χ3n) is 0.458.